The van der Waals surface area contributed by atoms with Gasteiger partial charge < -0.3 is 9.67 Å². The second-order valence-electron chi connectivity index (χ2n) is 3.46. The molecule has 0 aliphatic rings. The van der Waals surface area contributed by atoms with E-state index in [-0.39, 0.29) is 5.75 Å². The Kier molecular flexibility index (Phi) is 4.74. The van der Waals surface area contributed by atoms with E-state index in [4.69, 9.17) is 5.11 Å². The molecule has 2 rings (SSSR count). The predicted octanol–water partition coefficient (Wildman–Crippen LogP) is 1.07. The molecule has 0 amide bonds. The SMILES string of the molecule is Cn1c(CSc2ncccn2)nnc1SCC(=O)O. The number of carboxylic acids is 1. The van der Waals surface area contributed by atoms with E-state index in [1.165, 1.54) is 11.8 Å². The number of hydrogen-bond acceptors (Lipinski definition) is 7. The maximum atomic E-state index is 10.5. The number of carbonyl (C=O) groups is 1. The van der Waals surface area contributed by atoms with Crippen molar-refractivity contribution in [1.29, 1.82) is 0 Å². The van der Waals surface area contributed by atoms with Crippen molar-refractivity contribution in [3.05, 3.63) is 24.3 Å². The fourth-order valence-corrected chi connectivity index (χ4v) is 2.64. The summed E-state index contributed by atoms with van der Waals surface area (Å²) in [4.78, 5) is 18.7. The Morgan fingerprint density at radius 2 is 2.05 bits per heavy atom. The van der Waals surface area contributed by atoms with E-state index in [1.807, 2.05) is 7.05 Å². The van der Waals surface area contributed by atoms with E-state index in [0.29, 0.717) is 16.1 Å². The van der Waals surface area contributed by atoms with E-state index >= 15 is 0 Å². The molecule has 0 saturated heterocycles. The zero-order chi connectivity index (χ0) is 13.7. The predicted molar refractivity (Wildman–Crippen MR) is 71.0 cm³/mol. The molecule has 0 atom stereocenters. The summed E-state index contributed by atoms with van der Waals surface area (Å²) in [7, 11) is 1.81. The Morgan fingerprint density at radius 3 is 2.74 bits per heavy atom. The molecule has 7 nitrogen and oxygen atoms in total. The molecule has 0 bridgehead atoms. The number of aromatic nitrogens is 5. The van der Waals surface area contributed by atoms with Crippen molar-refractivity contribution in [2.45, 2.75) is 16.1 Å². The lowest BCUT2D eigenvalue weighted by Gasteiger charge is -2.02. The molecule has 1 N–H and O–H groups in total. The van der Waals surface area contributed by atoms with Crippen molar-refractivity contribution in [2.75, 3.05) is 5.75 Å². The van der Waals surface area contributed by atoms with Gasteiger partial charge in [0.25, 0.3) is 0 Å². The molecule has 2 aromatic heterocycles. The monoisotopic (exact) mass is 297 g/mol. The van der Waals surface area contributed by atoms with E-state index in [0.717, 1.165) is 17.6 Å². The van der Waals surface area contributed by atoms with Crippen LogP contribution in [0.2, 0.25) is 0 Å². The van der Waals surface area contributed by atoms with E-state index in [9.17, 15) is 4.79 Å². The zero-order valence-corrected chi connectivity index (χ0v) is 11.7. The normalized spacial score (nSPS) is 10.6. The van der Waals surface area contributed by atoms with Crippen LogP contribution in [-0.4, -0.2) is 41.6 Å². The molecule has 100 valence electrons. The molecule has 2 heterocycles. The standard InChI is InChI=1S/C10H11N5O2S2/c1-15-7(5-18-9-11-3-2-4-12-9)13-14-10(15)19-6-8(16)17/h2-4H,5-6H2,1H3,(H,16,17). The summed E-state index contributed by atoms with van der Waals surface area (Å²) in [5, 5.41) is 17.9. The van der Waals surface area contributed by atoms with Gasteiger partial charge in [-0.3, -0.25) is 4.79 Å². The summed E-state index contributed by atoms with van der Waals surface area (Å²) in [6.07, 6.45) is 3.36. The van der Waals surface area contributed by atoms with Crippen LogP contribution in [0.3, 0.4) is 0 Å². The largest absolute Gasteiger partial charge is 0.481 e. The van der Waals surface area contributed by atoms with E-state index in [1.54, 1.807) is 23.0 Å². The number of aliphatic carboxylic acids is 1. The lowest BCUT2D eigenvalue weighted by atomic mass is 10.7. The summed E-state index contributed by atoms with van der Waals surface area (Å²) in [5.74, 6) is 0.439. The van der Waals surface area contributed by atoms with Gasteiger partial charge in [-0.05, 0) is 6.07 Å². The van der Waals surface area contributed by atoms with Gasteiger partial charge >= 0.3 is 5.97 Å². The van der Waals surface area contributed by atoms with Crippen molar-refractivity contribution in [3.8, 4) is 0 Å². The molecule has 0 saturated carbocycles. The maximum Gasteiger partial charge on any atom is 0.313 e. The highest BCUT2D eigenvalue weighted by molar-refractivity contribution is 7.99. The van der Waals surface area contributed by atoms with Gasteiger partial charge in [-0.2, -0.15) is 0 Å². The van der Waals surface area contributed by atoms with Gasteiger partial charge in [0.15, 0.2) is 10.3 Å². The van der Waals surface area contributed by atoms with Crippen LogP contribution in [-0.2, 0) is 17.6 Å². The summed E-state index contributed by atoms with van der Waals surface area (Å²) < 4.78 is 1.78. The third-order valence-electron chi connectivity index (χ3n) is 2.12. The molecule has 0 radical (unpaired) electrons. The van der Waals surface area contributed by atoms with Crippen molar-refractivity contribution < 1.29 is 9.90 Å². The summed E-state index contributed by atoms with van der Waals surface area (Å²) in [5.41, 5.74) is 0. The van der Waals surface area contributed by atoms with Gasteiger partial charge in [-0.1, -0.05) is 23.5 Å². The Balaban J connectivity index is 1.96. The van der Waals surface area contributed by atoms with Crippen LogP contribution in [0.15, 0.2) is 28.8 Å². The minimum atomic E-state index is -0.874. The average molecular weight is 297 g/mol. The van der Waals surface area contributed by atoms with Gasteiger partial charge in [0.2, 0.25) is 0 Å². The Hall–Kier alpha value is -1.61. The Morgan fingerprint density at radius 1 is 1.32 bits per heavy atom. The first-order valence-electron chi connectivity index (χ1n) is 5.29. The van der Waals surface area contributed by atoms with Gasteiger partial charge in [0.1, 0.15) is 5.82 Å². The lowest BCUT2D eigenvalue weighted by Crippen LogP contribution is -2.02. The van der Waals surface area contributed by atoms with E-state index < -0.39 is 5.97 Å². The summed E-state index contributed by atoms with van der Waals surface area (Å²) in [6, 6.07) is 1.76. The smallest absolute Gasteiger partial charge is 0.313 e. The molecule has 0 aliphatic carbocycles. The van der Waals surface area contributed by atoms with Gasteiger partial charge in [0.05, 0.1) is 11.5 Å². The molecule has 9 heteroatoms. The van der Waals surface area contributed by atoms with Crippen LogP contribution in [0.1, 0.15) is 5.82 Å². The molecule has 0 fully saturated rings. The number of thioether (sulfide) groups is 2. The first-order chi connectivity index (χ1) is 9.16. The van der Waals surface area contributed by atoms with Gasteiger partial charge in [-0.25, -0.2) is 9.97 Å². The molecular formula is C10H11N5O2S2. The third kappa shape index (κ3) is 3.93. The first kappa shape index (κ1) is 13.8. The average Bonchev–Trinajstić information content (AvgIpc) is 2.76. The molecular weight excluding hydrogens is 286 g/mol. The van der Waals surface area contributed by atoms with Gasteiger partial charge in [-0.15, -0.1) is 10.2 Å². The Bertz CT molecular complexity index is 560. The second-order valence-corrected chi connectivity index (χ2v) is 5.35. The quantitative estimate of drug-likeness (QED) is 0.625. The molecule has 2 aromatic rings. The van der Waals surface area contributed by atoms with Gasteiger partial charge in [0, 0.05) is 19.4 Å². The minimum Gasteiger partial charge on any atom is -0.481 e. The number of rotatable bonds is 6. The highest BCUT2D eigenvalue weighted by Crippen LogP contribution is 2.20. The first-order valence-corrected chi connectivity index (χ1v) is 7.26. The van der Waals surface area contributed by atoms with Crippen LogP contribution in [0.5, 0.6) is 0 Å². The molecule has 0 aromatic carbocycles. The Labute approximate surface area is 117 Å². The number of carboxylic acid groups (broad SMARTS) is 1. The maximum absolute atomic E-state index is 10.5. The van der Waals surface area contributed by atoms with Crippen molar-refractivity contribution in [2.24, 2.45) is 7.05 Å². The fraction of sp³-hybridized carbons (Fsp3) is 0.300. The van der Waals surface area contributed by atoms with Crippen molar-refractivity contribution in [3.63, 3.8) is 0 Å². The third-order valence-corrected chi connectivity index (χ3v) is 4.00. The number of hydrogen-bond donors (Lipinski definition) is 1. The zero-order valence-electron chi connectivity index (χ0n) is 10.1. The van der Waals surface area contributed by atoms with Crippen molar-refractivity contribution in [1.82, 2.24) is 24.7 Å². The van der Waals surface area contributed by atoms with Crippen LogP contribution in [0.4, 0.5) is 0 Å². The topological polar surface area (TPSA) is 93.8 Å². The van der Waals surface area contributed by atoms with Crippen LogP contribution >= 0.6 is 23.5 Å². The fourth-order valence-electron chi connectivity index (χ4n) is 1.21. The second kappa shape index (κ2) is 6.53. The van der Waals surface area contributed by atoms with Crippen LogP contribution in [0.25, 0.3) is 0 Å². The number of nitrogens with zero attached hydrogens (tertiary/aromatic N) is 5. The van der Waals surface area contributed by atoms with Crippen LogP contribution in [0, 0.1) is 0 Å². The molecule has 0 aliphatic heterocycles. The highest BCUT2D eigenvalue weighted by Gasteiger charge is 2.11. The van der Waals surface area contributed by atoms with Crippen LogP contribution < -0.4 is 0 Å². The molecule has 0 unspecified atom stereocenters. The summed E-state index contributed by atoms with van der Waals surface area (Å²) >= 11 is 2.60. The highest BCUT2D eigenvalue weighted by atomic mass is 32.2. The van der Waals surface area contributed by atoms with E-state index in [2.05, 4.69) is 20.2 Å². The lowest BCUT2D eigenvalue weighted by molar-refractivity contribution is -0.133. The van der Waals surface area contributed by atoms with Crippen molar-refractivity contribution >= 4 is 29.5 Å². The molecule has 19 heavy (non-hydrogen) atoms. The summed E-state index contributed by atoms with van der Waals surface area (Å²) in [6.45, 7) is 0. The molecule has 0 spiro atoms. The minimum absolute atomic E-state index is 0.0269.